The van der Waals surface area contributed by atoms with E-state index in [-0.39, 0.29) is 0 Å². The van der Waals surface area contributed by atoms with Crippen LogP contribution >= 0.6 is 0 Å². The highest BCUT2D eigenvalue weighted by molar-refractivity contribution is 4.89. The van der Waals surface area contributed by atoms with Crippen molar-refractivity contribution in [1.82, 2.24) is 5.32 Å². The van der Waals surface area contributed by atoms with Crippen molar-refractivity contribution in [3.8, 4) is 0 Å². The molecule has 1 saturated heterocycles. The first-order chi connectivity index (χ1) is 7.29. The van der Waals surface area contributed by atoms with Crippen molar-refractivity contribution in [2.24, 2.45) is 11.8 Å². The summed E-state index contributed by atoms with van der Waals surface area (Å²) >= 11 is 0. The molecule has 0 saturated carbocycles. The fraction of sp³-hybridized carbons (Fsp3) is 0.846. The van der Waals surface area contributed by atoms with E-state index in [9.17, 15) is 0 Å². The van der Waals surface area contributed by atoms with Gasteiger partial charge in [0.1, 0.15) is 0 Å². The molecule has 1 atom stereocenters. The zero-order chi connectivity index (χ0) is 10.9. The number of hydrogen-bond acceptors (Lipinski definition) is 2. The molecule has 1 aliphatic heterocycles. The quantitative estimate of drug-likeness (QED) is 0.538. The maximum absolute atomic E-state index is 5.42. The van der Waals surface area contributed by atoms with E-state index < -0.39 is 0 Å². The summed E-state index contributed by atoms with van der Waals surface area (Å²) in [6, 6.07) is 0. The SMILES string of the molecule is CC(C)CNCC/C=C/C1CCCOC1. The minimum absolute atomic E-state index is 0.670. The Bertz CT molecular complexity index is 171. The molecule has 1 aliphatic rings. The second kappa shape index (κ2) is 7.89. The lowest BCUT2D eigenvalue weighted by molar-refractivity contribution is 0.0709. The van der Waals surface area contributed by atoms with Gasteiger partial charge in [0.05, 0.1) is 6.61 Å². The average molecular weight is 211 g/mol. The van der Waals surface area contributed by atoms with E-state index in [0.29, 0.717) is 5.92 Å². The van der Waals surface area contributed by atoms with E-state index >= 15 is 0 Å². The minimum atomic E-state index is 0.670. The summed E-state index contributed by atoms with van der Waals surface area (Å²) in [6.45, 7) is 8.59. The van der Waals surface area contributed by atoms with Crippen molar-refractivity contribution in [1.29, 1.82) is 0 Å². The Balaban J connectivity index is 1.96. The van der Waals surface area contributed by atoms with E-state index in [1.165, 1.54) is 12.8 Å². The van der Waals surface area contributed by atoms with Crippen LogP contribution in [-0.2, 0) is 4.74 Å². The largest absolute Gasteiger partial charge is 0.381 e. The Hall–Kier alpha value is -0.340. The van der Waals surface area contributed by atoms with Crippen LogP contribution in [0.15, 0.2) is 12.2 Å². The second-order valence-corrected chi connectivity index (χ2v) is 4.79. The molecule has 1 fully saturated rings. The third-order valence-electron chi connectivity index (χ3n) is 2.64. The molecule has 1 heterocycles. The lowest BCUT2D eigenvalue weighted by Crippen LogP contribution is -2.20. The standard InChI is InChI=1S/C13H25NO/c1-12(2)10-14-8-4-3-6-13-7-5-9-15-11-13/h3,6,12-14H,4-5,7-11H2,1-2H3/b6-3+. The Morgan fingerprint density at radius 1 is 1.47 bits per heavy atom. The molecule has 0 aromatic carbocycles. The molecule has 0 bridgehead atoms. The zero-order valence-electron chi connectivity index (χ0n) is 10.2. The van der Waals surface area contributed by atoms with Gasteiger partial charge in [-0.25, -0.2) is 0 Å². The van der Waals surface area contributed by atoms with Crippen molar-refractivity contribution < 1.29 is 4.74 Å². The summed E-state index contributed by atoms with van der Waals surface area (Å²) < 4.78 is 5.42. The molecule has 0 spiro atoms. The minimum Gasteiger partial charge on any atom is -0.381 e. The molecule has 2 heteroatoms. The Morgan fingerprint density at radius 2 is 2.33 bits per heavy atom. The summed E-state index contributed by atoms with van der Waals surface area (Å²) in [5, 5.41) is 3.44. The van der Waals surface area contributed by atoms with Crippen LogP contribution in [0.2, 0.25) is 0 Å². The van der Waals surface area contributed by atoms with E-state index in [1.807, 2.05) is 0 Å². The molecule has 0 aromatic rings. The molecule has 2 nitrogen and oxygen atoms in total. The summed E-state index contributed by atoms with van der Waals surface area (Å²) in [7, 11) is 0. The summed E-state index contributed by atoms with van der Waals surface area (Å²) in [6.07, 6.45) is 8.29. The van der Waals surface area contributed by atoms with Crippen LogP contribution in [0.1, 0.15) is 33.1 Å². The van der Waals surface area contributed by atoms with Gasteiger partial charge >= 0.3 is 0 Å². The van der Waals surface area contributed by atoms with Gasteiger partial charge in [-0.15, -0.1) is 0 Å². The van der Waals surface area contributed by atoms with Crippen LogP contribution in [0, 0.1) is 11.8 Å². The molecule has 0 radical (unpaired) electrons. The van der Waals surface area contributed by atoms with E-state index in [1.54, 1.807) is 0 Å². The molecule has 1 rings (SSSR count). The van der Waals surface area contributed by atoms with Gasteiger partial charge in [0.25, 0.3) is 0 Å². The third-order valence-corrected chi connectivity index (χ3v) is 2.64. The third kappa shape index (κ3) is 6.69. The fourth-order valence-electron chi connectivity index (χ4n) is 1.78. The topological polar surface area (TPSA) is 21.3 Å². The highest BCUT2D eigenvalue weighted by Crippen LogP contribution is 2.14. The van der Waals surface area contributed by atoms with Crippen molar-refractivity contribution in [2.75, 3.05) is 26.3 Å². The van der Waals surface area contributed by atoms with Gasteiger partial charge in [0, 0.05) is 12.5 Å². The highest BCUT2D eigenvalue weighted by atomic mass is 16.5. The molecule has 15 heavy (non-hydrogen) atoms. The highest BCUT2D eigenvalue weighted by Gasteiger charge is 2.09. The van der Waals surface area contributed by atoms with Gasteiger partial charge < -0.3 is 10.1 Å². The average Bonchev–Trinajstić information content (AvgIpc) is 2.24. The van der Waals surface area contributed by atoms with Crippen molar-refractivity contribution in [2.45, 2.75) is 33.1 Å². The molecule has 0 aromatic heterocycles. The van der Waals surface area contributed by atoms with E-state index in [0.717, 1.165) is 38.6 Å². The number of rotatable bonds is 6. The van der Waals surface area contributed by atoms with Crippen molar-refractivity contribution in [3.05, 3.63) is 12.2 Å². The molecular formula is C13H25NO. The molecule has 1 N–H and O–H groups in total. The summed E-state index contributed by atoms with van der Waals surface area (Å²) in [4.78, 5) is 0. The van der Waals surface area contributed by atoms with Crippen LogP contribution < -0.4 is 5.32 Å². The first-order valence-corrected chi connectivity index (χ1v) is 6.24. The second-order valence-electron chi connectivity index (χ2n) is 4.79. The van der Waals surface area contributed by atoms with Gasteiger partial charge in [-0.2, -0.15) is 0 Å². The molecule has 88 valence electrons. The molecule has 1 unspecified atom stereocenters. The first kappa shape index (κ1) is 12.7. The smallest absolute Gasteiger partial charge is 0.0528 e. The van der Waals surface area contributed by atoms with Crippen LogP contribution in [-0.4, -0.2) is 26.3 Å². The van der Waals surface area contributed by atoms with Crippen LogP contribution in [0.25, 0.3) is 0 Å². The number of ether oxygens (including phenoxy) is 1. The van der Waals surface area contributed by atoms with Gasteiger partial charge in [0.2, 0.25) is 0 Å². The lowest BCUT2D eigenvalue weighted by Gasteiger charge is -2.18. The monoisotopic (exact) mass is 211 g/mol. The zero-order valence-corrected chi connectivity index (χ0v) is 10.2. The van der Waals surface area contributed by atoms with E-state index in [2.05, 4.69) is 31.3 Å². The van der Waals surface area contributed by atoms with Crippen LogP contribution in [0.5, 0.6) is 0 Å². The summed E-state index contributed by atoms with van der Waals surface area (Å²) in [5.41, 5.74) is 0. The summed E-state index contributed by atoms with van der Waals surface area (Å²) in [5.74, 6) is 1.42. The van der Waals surface area contributed by atoms with Crippen LogP contribution in [0.3, 0.4) is 0 Å². The molecular weight excluding hydrogens is 186 g/mol. The Morgan fingerprint density at radius 3 is 3.00 bits per heavy atom. The lowest BCUT2D eigenvalue weighted by atomic mass is 10.0. The van der Waals surface area contributed by atoms with Crippen molar-refractivity contribution in [3.63, 3.8) is 0 Å². The Labute approximate surface area is 94.1 Å². The van der Waals surface area contributed by atoms with Gasteiger partial charge in [-0.3, -0.25) is 0 Å². The van der Waals surface area contributed by atoms with Gasteiger partial charge in [-0.05, 0) is 38.3 Å². The predicted octanol–water partition coefficient (Wildman–Crippen LogP) is 2.60. The normalized spacial score (nSPS) is 22.7. The fourth-order valence-corrected chi connectivity index (χ4v) is 1.78. The van der Waals surface area contributed by atoms with E-state index in [4.69, 9.17) is 4.74 Å². The number of hydrogen-bond donors (Lipinski definition) is 1. The molecule has 0 aliphatic carbocycles. The molecule has 0 amide bonds. The predicted molar refractivity (Wildman–Crippen MR) is 65.0 cm³/mol. The Kier molecular flexibility index (Phi) is 6.69. The van der Waals surface area contributed by atoms with Gasteiger partial charge in [0.15, 0.2) is 0 Å². The number of nitrogens with one attached hydrogen (secondary N) is 1. The van der Waals surface area contributed by atoms with Gasteiger partial charge in [-0.1, -0.05) is 26.0 Å². The first-order valence-electron chi connectivity index (χ1n) is 6.24. The maximum atomic E-state index is 5.42. The maximum Gasteiger partial charge on any atom is 0.0528 e. The van der Waals surface area contributed by atoms with Crippen molar-refractivity contribution >= 4 is 0 Å². The van der Waals surface area contributed by atoms with Crippen LogP contribution in [0.4, 0.5) is 0 Å².